The molecule has 0 aliphatic carbocycles. The first-order chi connectivity index (χ1) is 10.7. The fraction of sp³-hybridized carbons (Fsp3) is 0.312. The smallest absolute Gasteiger partial charge is 0.254 e. The normalized spacial score (nSPS) is 18.0. The molecule has 0 bridgehead atoms. The topological polar surface area (TPSA) is 55.3 Å². The Hall–Kier alpha value is -1.70. The Morgan fingerprint density at radius 2 is 2.23 bits per heavy atom. The number of carbonyl (C=O) groups excluding carboxylic acids is 1. The third-order valence-corrected chi connectivity index (χ3v) is 4.24. The molecule has 0 spiro atoms. The number of carbonyl (C=O) groups is 1. The predicted molar refractivity (Wildman–Crippen MR) is 90.7 cm³/mol. The lowest BCUT2D eigenvalue weighted by molar-refractivity contribution is 0.0525. The number of rotatable bonds is 3. The molecule has 1 amide bonds. The number of hydrogen-bond acceptors (Lipinski definition) is 4. The van der Waals surface area contributed by atoms with Crippen molar-refractivity contribution in [3.8, 4) is 5.88 Å². The molecule has 1 aliphatic heterocycles. The molecule has 1 unspecified atom stereocenters. The van der Waals surface area contributed by atoms with Crippen molar-refractivity contribution >= 4 is 28.5 Å². The number of piperidine rings is 1. The van der Waals surface area contributed by atoms with Gasteiger partial charge in [-0.15, -0.1) is 5.10 Å². The molecule has 6 heteroatoms. The van der Waals surface area contributed by atoms with E-state index in [-0.39, 0.29) is 12.0 Å². The van der Waals surface area contributed by atoms with Gasteiger partial charge in [-0.1, -0.05) is 6.07 Å². The second-order valence-corrected chi connectivity index (χ2v) is 6.45. The summed E-state index contributed by atoms with van der Waals surface area (Å²) in [6, 6.07) is 11.2. The molecule has 22 heavy (non-hydrogen) atoms. The van der Waals surface area contributed by atoms with Crippen molar-refractivity contribution in [3.05, 3.63) is 51.7 Å². The first-order valence-corrected chi connectivity index (χ1v) is 8.29. The van der Waals surface area contributed by atoms with Gasteiger partial charge < -0.3 is 9.64 Å². The van der Waals surface area contributed by atoms with E-state index in [2.05, 4.69) is 32.8 Å². The lowest BCUT2D eigenvalue weighted by Crippen LogP contribution is -2.44. The van der Waals surface area contributed by atoms with Crippen molar-refractivity contribution in [1.29, 1.82) is 0 Å². The highest BCUT2D eigenvalue weighted by atomic mass is 127. The van der Waals surface area contributed by atoms with Crippen LogP contribution in [0.25, 0.3) is 0 Å². The van der Waals surface area contributed by atoms with Crippen molar-refractivity contribution in [2.24, 2.45) is 0 Å². The zero-order valence-electron chi connectivity index (χ0n) is 12.0. The second kappa shape index (κ2) is 7.04. The monoisotopic (exact) mass is 409 g/mol. The molecule has 1 aromatic carbocycles. The summed E-state index contributed by atoms with van der Waals surface area (Å²) in [5, 5.41) is 7.74. The van der Waals surface area contributed by atoms with E-state index < -0.39 is 0 Å². The summed E-state index contributed by atoms with van der Waals surface area (Å²) in [5.74, 6) is 0.571. The lowest BCUT2D eigenvalue weighted by atomic mass is 10.1. The number of nitrogens with zero attached hydrogens (tertiary/aromatic N) is 3. The Morgan fingerprint density at radius 1 is 1.32 bits per heavy atom. The fourth-order valence-corrected chi connectivity index (χ4v) is 3.09. The first-order valence-electron chi connectivity index (χ1n) is 7.21. The van der Waals surface area contributed by atoms with Crippen LogP contribution in [0.3, 0.4) is 0 Å². The standard InChI is InChI=1S/C16H16IN3O2/c17-13-5-1-4-12(10-13)16(21)20-9-3-6-14(11-20)22-15-7-2-8-18-19-15/h1-2,4-5,7-8,10,14H,3,6,9,11H2. The second-order valence-electron chi connectivity index (χ2n) is 5.21. The highest BCUT2D eigenvalue weighted by molar-refractivity contribution is 14.1. The summed E-state index contributed by atoms with van der Waals surface area (Å²) in [7, 11) is 0. The van der Waals surface area contributed by atoms with Crippen LogP contribution in [0.15, 0.2) is 42.6 Å². The van der Waals surface area contributed by atoms with E-state index in [0.29, 0.717) is 12.4 Å². The van der Waals surface area contributed by atoms with Gasteiger partial charge in [-0.25, -0.2) is 0 Å². The minimum atomic E-state index is -0.0304. The van der Waals surface area contributed by atoms with E-state index in [4.69, 9.17) is 4.74 Å². The first kappa shape index (κ1) is 15.2. The van der Waals surface area contributed by atoms with E-state index in [1.54, 1.807) is 18.3 Å². The van der Waals surface area contributed by atoms with E-state index in [9.17, 15) is 4.79 Å². The number of ether oxygens (including phenoxy) is 1. The number of likely N-dealkylation sites (tertiary alicyclic amines) is 1. The number of amides is 1. The van der Waals surface area contributed by atoms with Crippen LogP contribution in [0, 0.1) is 3.57 Å². The van der Waals surface area contributed by atoms with Crippen LogP contribution in [0.2, 0.25) is 0 Å². The van der Waals surface area contributed by atoms with Gasteiger partial charge in [-0.3, -0.25) is 4.79 Å². The SMILES string of the molecule is O=C(c1cccc(I)c1)N1CCCC(Oc2cccnn2)C1. The number of benzene rings is 1. The van der Waals surface area contributed by atoms with Crippen LogP contribution < -0.4 is 4.74 Å². The molecular formula is C16H16IN3O2. The maximum atomic E-state index is 12.6. The maximum absolute atomic E-state index is 12.6. The summed E-state index contributed by atoms with van der Waals surface area (Å²) < 4.78 is 6.89. The van der Waals surface area contributed by atoms with Gasteiger partial charge in [0, 0.05) is 27.9 Å². The molecule has 0 N–H and O–H groups in total. The average molecular weight is 409 g/mol. The molecule has 1 fully saturated rings. The molecular weight excluding hydrogens is 393 g/mol. The molecule has 114 valence electrons. The van der Waals surface area contributed by atoms with Crippen molar-refractivity contribution in [2.45, 2.75) is 18.9 Å². The Morgan fingerprint density at radius 3 is 3.00 bits per heavy atom. The van der Waals surface area contributed by atoms with Gasteiger partial charge in [0.1, 0.15) is 6.10 Å². The van der Waals surface area contributed by atoms with E-state index in [0.717, 1.165) is 28.5 Å². The molecule has 1 aliphatic rings. The third-order valence-electron chi connectivity index (χ3n) is 3.57. The summed E-state index contributed by atoms with van der Waals surface area (Å²) >= 11 is 2.22. The Bertz CT molecular complexity index is 651. The average Bonchev–Trinajstić information content (AvgIpc) is 2.55. The van der Waals surface area contributed by atoms with Gasteiger partial charge in [-0.2, -0.15) is 5.10 Å². The van der Waals surface area contributed by atoms with Crippen LogP contribution >= 0.6 is 22.6 Å². The van der Waals surface area contributed by atoms with Crippen LogP contribution in [-0.2, 0) is 0 Å². The van der Waals surface area contributed by atoms with Gasteiger partial charge in [0.15, 0.2) is 0 Å². The zero-order chi connectivity index (χ0) is 15.4. The van der Waals surface area contributed by atoms with Gasteiger partial charge in [-0.05, 0) is 59.7 Å². The predicted octanol–water partition coefficient (Wildman–Crippen LogP) is 2.76. The Balaban J connectivity index is 1.66. The van der Waals surface area contributed by atoms with E-state index in [1.807, 2.05) is 29.2 Å². The van der Waals surface area contributed by atoms with Gasteiger partial charge in [0.05, 0.1) is 6.54 Å². The number of hydrogen-bond donors (Lipinski definition) is 0. The fourth-order valence-electron chi connectivity index (χ4n) is 2.54. The third kappa shape index (κ3) is 3.73. The van der Waals surface area contributed by atoms with Gasteiger partial charge in [0.25, 0.3) is 5.91 Å². The van der Waals surface area contributed by atoms with Crippen LogP contribution in [-0.4, -0.2) is 40.2 Å². The molecule has 0 radical (unpaired) electrons. The van der Waals surface area contributed by atoms with Crippen molar-refractivity contribution in [1.82, 2.24) is 15.1 Å². The summed E-state index contributed by atoms with van der Waals surface area (Å²) in [5.41, 5.74) is 0.729. The molecule has 3 rings (SSSR count). The van der Waals surface area contributed by atoms with E-state index in [1.165, 1.54) is 0 Å². The molecule has 5 nitrogen and oxygen atoms in total. The van der Waals surface area contributed by atoms with Crippen molar-refractivity contribution in [3.63, 3.8) is 0 Å². The molecule has 1 atom stereocenters. The van der Waals surface area contributed by atoms with E-state index >= 15 is 0 Å². The molecule has 2 aromatic rings. The Kier molecular flexibility index (Phi) is 4.87. The largest absolute Gasteiger partial charge is 0.471 e. The molecule has 2 heterocycles. The van der Waals surface area contributed by atoms with Crippen molar-refractivity contribution in [2.75, 3.05) is 13.1 Å². The highest BCUT2D eigenvalue weighted by Gasteiger charge is 2.26. The molecule has 1 saturated heterocycles. The van der Waals surface area contributed by atoms with Crippen LogP contribution in [0.5, 0.6) is 5.88 Å². The van der Waals surface area contributed by atoms with Crippen molar-refractivity contribution < 1.29 is 9.53 Å². The maximum Gasteiger partial charge on any atom is 0.254 e. The lowest BCUT2D eigenvalue weighted by Gasteiger charge is -2.32. The summed E-state index contributed by atoms with van der Waals surface area (Å²) in [6.07, 6.45) is 3.44. The highest BCUT2D eigenvalue weighted by Crippen LogP contribution is 2.18. The molecule has 0 saturated carbocycles. The molecule has 1 aromatic heterocycles. The summed E-state index contributed by atoms with van der Waals surface area (Å²) in [4.78, 5) is 14.4. The zero-order valence-corrected chi connectivity index (χ0v) is 14.1. The quantitative estimate of drug-likeness (QED) is 0.732. The van der Waals surface area contributed by atoms with Crippen LogP contribution in [0.4, 0.5) is 0 Å². The minimum absolute atomic E-state index is 0.0304. The minimum Gasteiger partial charge on any atom is -0.471 e. The summed E-state index contributed by atoms with van der Waals surface area (Å²) in [6.45, 7) is 1.35. The van der Waals surface area contributed by atoms with Gasteiger partial charge in [0.2, 0.25) is 5.88 Å². The number of halogens is 1. The van der Waals surface area contributed by atoms with Crippen LogP contribution in [0.1, 0.15) is 23.2 Å². The van der Waals surface area contributed by atoms with Gasteiger partial charge >= 0.3 is 0 Å². The Labute approximate surface area is 142 Å². The number of aromatic nitrogens is 2.